The van der Waals surface area contributed by atoms with Crippen molar-refractivity contribution in [1.82, 2.24) is 4.57 Å². The van der Waals surface area contributed by atoms with E-state index in [-0.39, 0.29) is 6.04 Å². The fourth-order valence-electron chi connectivity index (χ4n) is 8.21. The molecule has 1 aromatic heterocycles. The van der Waals surface area contributed by atoms with E-state index in [0.29, 0.717) is 0 Å². The van der Waals surface area contributed by atoms with Gasteiger partial charge in [0, 0.05) is 35.1 Å². The lowest BCUT2D eigenvalue weighted by atomic mass is 9.90. The van der Waals surface area contributed by atoms with Crippen molar-refractivity contribution < 1.29 is 0 Å². The van der Waals surface area contributed by atoms with E-state index in [0.717, 1.165) is 19.3 Å². The highest BCUT2D eigenvalue weighted by Gasteiger charge is 2.23. The maximum absolute atomic E-state index is 2.50. The smallest absolute Gasteiger partial charge is 0.0537 e. The van der Waals surface area contributed by atoms with Gasteiger partial charge in [-0.1, -0.05) is 109 Å². The normalized spacial score (nSPS) is 13.8. The third kappa shape index (κ3) is 5.11. The molecule has 7 aromatic rings. The first-order chi connectivity index (χ1) is 24.0. The minimum absolute atomic E-state index is 0.284. The molecule has 0 N–H and O–H groups in total. The molecule has 2 aliphatic carbocycles. The maximum Gasteiger partial charge on any atom is 0.0537 e. The van der Waals surface area contributed by atoms with E-state index in [1.54, 1.807) is 0 Å². The van der Waals surface area contributed by atoms with Gasteiger partial charge in [-0.05, 0) is 125 Å². The van der Waals surface area contributed by atoms with Crippen LogP contribution in [0.5, 0.6) is 0 Å². The third-order valence-corrected chi connectivity index (χ3v) is 10.9. The Morgan fingerprint density at radius 2 is 1.37 bits per heavy atom. The monoisotopic (exact) mass is 632 g/mol. The van der Waals surface area contributed by atoms with Crippen molar-refractivity contribution in [2.45, 2.75) is 39.2 Å². The van der Waals surface area contributed by atoms with Gasteiger partial charge in [-0.2, -0.15) is 0 Å². The Morgan fingerprint density at radius 3 is 2.22 bits per heavy atom. The SMILES string of the molecule is Cc1cc(C2=Cc3c(n(-c4ccc(-c5ccc6c(c5)Cc5ccccc5-6)cc4)c4ccccc34)CC2)cc(N(C)C(C)c2ccccc2)c1. The minimum atomic E-state index is 0.284. The van der Waals surface area contributed by atoms with Crippen LogP contribution in [0.3, 0.4) is 0 Å². The number of fused-ring (bicyclic) bond motifs is 6. The van der Waals surface area contributed by atoms with Crippen LogP contribution in [-0.4, -0.2) is 11.6 Å². The minimum Gasteiger partial charge on any atom is -0.368 e. The van der Waals surface area contributed by atoms with Crippen LogP contribution < -0.4 is 4.90 Å². The zero-order valence-electron chi connectivity index (χ0n) is 28.4. The highest BCUT2D eigenvalue weighted by molar-refractivity contribution is 5.99. The number of rotatable bonds is 6. The summed E-state index contributed by atoms with van der Waals surface area (Å²) < 4.78 is 2.50. The van der Waals surface area contributed by atoms with Gasteiger partial charge in [-0.3, -0.25) is 0 Å². The zero-order valence-corrected chi connectivity index (χ0v) is 28.4. The summed E-state index contributed by atoms with van der Waals surface area (Å²) in [6.07, 6.45) is 5.50. The number of hydrogen-bond acceptors (Lipinski definition) is 1. The summed E-state index contributed by atoms with van der Waals surface area (Å²) in [5.41, 5.74) is 20.0. The van der Waals surface area contributed by atoms with Crippen molar-refractivity contribution in [1.29, 1.82) is 0 Å². The summed E-state index contributed by atoms with van der Waals surface area (Å²) in [4.78, 5) is 2.40. The van der Waals surface area contributed by atoms with Gasteiger partial charge < -0.3 is 9.47 Å². The molecule has 0 amide bonds. The number of aromatic nitrogens is 1. The zero-order chi connectivity index (χ0) is 33.1. The largest absolute Gasteiger partial charge is 0.368 e. The molecule has 0 bridgehead atoms. The molecule has 0 radical (unpaired) electrons. The molecule has 1 atom stereocenters. The number of aryl methyl sites for hydroxylation is 1. The van der Waals surface area contributed by atoms with Crippen molar-refractivity contribution in [2.24, 2.45) is 0 Å². The van der Waals surface area contributed by atoms with Gasteiger partial charge in [0.15, 0.2) is 0 Å². The van der Waals surface area contributed by atoms with Crippen molar-refractivity contribution in [3.05, 3.63) is 179 Å². The lowest BCUT2D eigenvalue weighted by Gasteiger charge is -2.29. The van der Waals surface area contributed by atoms with E-state index >= 15 is 0 Å². The van der Waals surface area contributed by atoms with E-state index in [4.69, 9.17) is 0 Å². The molecule has 2 nitrogen and oxygen atoms in total. The standard InChI is InChI=1S/C47H40N2/c1-31-25-38(29-41(26-31)48(3)32(2)33-11-5-4-6-12-33)36-20-24-47-45(30-36)44-15-9-10-16-46(44)49(47)40-21-17-34(18-22-40)35-19-23-43-39(27-35)28-37-13-7-8-14-42(37)43/h4-19,21-23,25-27,29-30,32H,20,24,28H2,1-3H3. The molecule has 49 heavy (non-hydrogen) atoms. The molecule has 2 aliphatic rings. The second-order valence-electron chi connectivity index (χ2n) is 13.9. The fourth-order valence-corrected chi connectivity index (χ4v) is 8.21. The van der Waals surface area contributed by atoms with E-state index in [1.807, 2.05) is 0 Å². The van der Waals surface area contributed by atoms with Crippen LogP contribution >= 0.6 is 0 Å². The third-order valence-electron chi connectivity index (χ3n) is 10.9. The molecule has 1 heterocycles. The second-order valence-corrected chi connectivity index (χ2v) is 13.9. The summed E-state index contributed by atoms with van der Waals surface area (Å²) in [6.45, 7) is 4.51. The number of benzene rings is 6. The Labute approximate surface area is 289 Å². The molecule has 2 heteroatoms. The van der Waals surface area contributed by atoms with Gasteiger partial charge in [-0.15, -0.1) is 0 Å². The predicted octanol–water partition coefficient (Wildman–Crippen LogP) is 11.9. The number of nitrogens with zero attached hydrogens (tertiary/aromatic N) is 2. The predicted molar refractivity (Wildman–Crippen MR) is 208 cm³/mol. The molecule has 6 aromatic carbocycles. The van der Waals surface area contributed by atoms with Crippen molar-refractivity contribution in [3.63, 3.8) is 0 Å². The number of anilines is 1. The summed E-state index contributed by atoms with van der Waals surface area (Å²) in [6, 6.07) is 52.0. The van der Waals surface area contributed by atoms with E-state index in [9.17, 15) is 0 Å². The van der Waals surface area contributed by atoms with Crippen molar-refractivity contribution in [3.8, 4) is 27.9 Å². The molecule has 1 unspecified atom stereocenters. The topological polar surface area (TPSA) is 8.17 Å². The molecule has 0 spiro atoms. The quantitative estimate of drug-likeness (QED) is 0.177. The fraction of sp³-hybridized carbons (Fsp3) is 0.149. The van der Waals surface area contributed by atoms with Crippen molar-refractivity contribution in [2.75, 3.05) is 11.9 Å². The van der Waals surface area contributed by atoms with Crippen molar-refractivity contribution >= 4 is 28.2 Å². The molecule has 0 aliphatic heterocycles. The van der Waals surface area contributed by atoms with Crippen LogP contribution in [0.1, 0.15) is 58.5 Å². The summed E-state index contributed by atoms with van der Waals surface area (Å²) in [5, 5.41) is 1.32. The Hall–Kier alpha value is -5.60. The first-order valence-corrected chi connectivity index (χ1v) is 17.6. The van der Waals surface area contributed by atoms with Gasteiger partial charge in [-0.25, -0.2) is 0 Å². The van der Waals surface area contributed by atoms with Crippen LogP contribution in [0.2, 0.25) is 0 Å². The van der Waals surface area contributed by atoms with Gasteiger partial charge in [0.25, 0.3) is 0 Å². The average molecular weight is 633 g/mol. The second kappa shape index (κ2) is 11.8. The Kier molecular flexibility index (Phi) is 7.13. The maximum atomic E-state index is 2.50. The van der Waals surface area contributed by atoms with Gasteiger partial charge in [0.05, 0.1) is 11.6 Å². The summed E-state index contributed by atoms with van der Waals surface area (Å²) in [7, 11) is 2.21. The lowest BCUT2D eigenvalue weighted by Crippen LogP contribution is -2.21. The molecule has 0 saturated heterocycles. The average Bonchev–Trinajstić information content (AvgIpc) is 3.69. The molecule has 9 rings (SSSR count). The number of para-hydroxylation sites is 1. The summed E-state index contributed by atoms with van der Waals surface area (Å²) in [5.74, 6) is 0. The van der Waals surface area contributed by atoms with Crippen LogP contribution in [0.25, 0.3) is 50.5 Å². The number of hydrogen-bond donors (Lipinski definition) is 0. The van der Waals surface area contributed by atoms with Crippen LogP contribution in [0.4, 0.5) is 5.69 Å². The molecule has 0 fully saturated rings. The van der Waals surface area contributed by atoms with E-state index < -0.39 is 0 Å². The Morgan fingerprint density at radius 1 is 0.633 bits per heavy atom. The molecular weight excluding hydrogens is 593 g/mol. The summed E-state index contributed by atoms with van der Waals surface area (Å²) >= 11 is 0. The van der Waals surface area contributed by atoms with Crippen LogP contribution in [-0.2, 0) is 12.8 Å². The highest BCUT2D eigenvalue weighted by atomic mass is 15.1. The van der Waals surface area contributed by atoms with E-state index in [2.05, 4.69) is 176 Å². The Bertz CT molecular complexity index is 2390. The molecular formula is C47H40N2. The molecule has 0 saturated carbocycles. The van der Waals surface area contributed by atoms with Gasteiger partial charge in [0.1, 0.15) is 0 Å². The van der Waals surface area contributed by atoms with Crippen LogP contribution in [0, 0.1) is 6.92 Å². The van der Waals surface area contributed by atoms with Gasteiger partial charge in [0.2, 0.25) is 0 Å². The highest BCUT2D eigenvalue weighted by Crippen LogP contribution is 2.41. The van der Waals surface area contributed by atoms with E-state index in [1.165, 1.54) is 89.2 Å². The first-order valence-electron chi connectivity index (χ1n) is 17.6. The van der Waals surface area contributed by atoms with Crippen LogP contribution in [0.15, 0.2) is 140 Å². The Balaban J connectivity index is 1.05. The first kappa shape index (κ1) is 29.5. The lowest BCUT2D eigenvalue weighted by molar-refractivity contribution is 0.739. The van der Waals surface area contributed by atoms with Gasteiger partial charge >= 0.3 is 0 Å². The molecule has 238 valence electrons. The number of allylic oxidation sites excluding steroid dienone is 1.